The molecule has 0 heterocycles. The Hall–Kier alpha value is -3.93. The smallest absolute Gasteiger partial charge is 0.306 e. The number of unbranched alkanes of at least 4 members (excludes halogenated alkanes) is 35. The molecule has 1 atom stereocenters. The topological polar surface area (TPSA) is 78.9 Å². The second kappa shape index (κ2) is 70.6. The summed E-state index contributed by atoms with van der Waals surface area (Å²) in [6, 6.07) is 0. The summed E-state index contributed by atoms with van der Waals surface area (Å²) in [7, 11) is 0. The Morgan fingerprint density at radius 1 is 0.253 bits per heavy atom. The van der Waals surface area contributed by atoms with Gasteiger partial charge >= 0.3 is 17.9 Å². The molecule has 0 aromatic rings. The van der Waals surface area contributed by atoms with Crippen molar-refractivity contribution in [1.82, 2.24) is 0 Å². The van der Waals surface area contributed by atoms with E-state index in [1.807, 2.05) is 0 Å². The van der Waals surface area contributed by atoms with Gasteiger partial charge in [-0.3, -0.25) is 14.4 Å². The Morgan fingerprint density at radius 2 is 0.470 bits per heavy atom. The molecule has 0 spiro atoms. The molecule has 0 bridgehead atoms. The third kappa shape index (κ3) is 68.7. The zero-order valence-electron chi connectivity index (χ0n) is 54.7. The number of ether oxygens (including phenoxy) is 3. The van der Waals surface area contributed by atoms with Crippen LogP contribution in [0.4, 0.5) is 0 Å². The summed E-state index contributed by atoms with van der Waals surface area (Å²) in [5, 5.41) is 0. The highest BCUT2D eigenvalue weighted by Crippen LogP contribution is 2.17. The Morgan fingerprint density at radius 3 is 0.783 bits per heavy atom. The minimum Gasteiger partial charge on any atom is -0.462 e. The second-order valence-electron chi connectivity index (χ2n) is 23.4. The number of carbonyl (C=O) groups is 3. The molecule has 0 radical (unpaired) electrons. The highest BCUT2D eigenvalue weighted by atomic mass is 16.6. The van der Waals surface area contributed by atoms with Crippen molar-refractivity contribution >= 4 is 17.9 Å². The van der Waals surface area contributed by atoms with Gasteiger partial charge in [-0.15, -0.1) is 0 Å². The highest BCUT2D eigenvalue weighted by molar-refractivity contribution is 5.71. The van der Waals surface area contributed by atoms with Gasteiger partial charge < -0.3 is 14.2 Å². The van der Waals surface area contributed by atoms with Gasteiger partial charge in [-0.1, -0.05) is 304 Å². The van der Waals surface area contributed by atoms with Crippen LogP contribution in [0.5, 0.6) is 0 Å². The van der Waals surface area contributed by atoms with Crippen LogP contribution >= 0.6 is 0 Å². The molecule has 0 saturated heterocycles. The Kier molecular flexibility index (Phi) is 67.2. The molecule has 0 aromatic carbocycles. The van der Waals surface area contributed by atoms with Crippen LogP contribution in [-0.4, -0.2) is 37.2 Å². The van der Waals surface area contributed by atoms with E-state index in [-0.39, 0.29) is 31.1 Å². The normalized spacial score (nSPS) is 12.8. The van der Waals surface area contributed by atoms with E-state index in [4.69, 9.17) is 14.2 Å². The van der Waals surface area contributed by atoms with Crippen molar-refractivity contribution in [1.29, 1.82) is 0 Å². The lowest BCUT2D eigenvalue weighted by atomic mass is 10.0. The van der Waals surface area contributed by atoms with E-state index in [0.717, 1.165) is 109 Å². The van der Waals surface area contributed by atoms with Crippen LogP contribution in [0, 0.1) is 0 Å². The molecule has 0 aliphatic heterocycles. The molecular formula is C77H132O6. The van der Waals surface area contributed by atoms with E-state index in [0.29, 0.717) is 19.3 Å². The molecule has 0 amide bonds. The first-order valence-corrected chi connectivity index (χ1v) is 35.4. The van der Waals surface area contributed by atoms with Crippen molar-refractivity contribution in [2.24, 2.45) is 0 Å². The summed E-state index contributed by atoms with van der Waals surface area (Å²) in [6.07, 6.45) is 97.0. The van der Waals surface area contributed by atoms with Crippen LogP contribution in [0.3, 0.4) is 0 Å². The van der Waals surface area contributed by atoms with E-state index in [1.165, 1.54) is 193 Å². The summed E-state index contributed by atoms with van der Waals surface area (Å²) in [5.41, 5.74) is 0. The minimum absolute atomic E-state index is 0.0931. The van der Waals surface area contributed by atoms with E-state index < -0.39 is 6.10 Å². The maximum atomic E-state index is 12.9. The fourth-order valence-electron chi connectivity index (χ4n) is 9.94. The summed E-state index contributed by atoms with van der Waals surface area (Å²) >= 11 is 0. The molecule has 6 nitrogen and oxygen atoms in total. The van der Waals surface area contributed by atoms with Crippen LogP contribution in [0.25, 0.3) is 0 Å². The molecule has 0 rings (SSSR count). The van der Waals surface area contributed by atoms with Crippen LogP contribution < -0.4 is 0 Å². The molecule has 0 saturated carbocycles. The molecule has 0 aliphatic carbocycles. The summed E-state index contributed by atoms with van der Waals surface area (Å²) < 4.78 is 16.9. The number of rotatable bonds is 64. The van der Waals surface area contributed by atoms with Gasteiger partial charge in [0, 0.05) is 19.3 Å². The maximum absolute atomic E-state index is 12.9. The number of carbonyl (C=O) groups excluding carboxylic acids is 3. The summed E-state index contributed by atoms with van der Waals surface area (Å²) in [4.78, 5) is 38.4. The monoisotopic (exact) mass is 1150 g/mol. The SMILES string of the molecule is CC/C=C\C/C=C\C/C=C\C/C=C\CCCCC(=O)OCC(COC(=O)CCCCCCCCCCCCCCCCCCCC/C=C\C/C=C\C/C=C\CCCCCCC)OC(=O)CCCCCCCCC/C=C\C/C=C\CCCCC. The highest BCUT2D eigenvalue weighted by Gasteiger charge is 2.19. The van der Waals surface area contributed by atoms with Crippen LogP contribution in [0.1, 0.15) is 342 Å². The average molecular weight is 1150 g/mol. The molecule has 0 N–H and O–H groups in total. The van der Waals surface area contributed by atoms with Gasteiger partial charge in [0.25, 0.3) is 0 Å². The number of hydrogen-bond acceptors (Lipinski definition) is 6. The fourth-order valence-corrected chi connectivity index (χ4v) is 9.94. The maximum Gasteiger partial charge on any atom is 0.306 e. The van der Waals surface area contributed by atoms with Crippen LogP contribution in [0.2, 0.25) is 0 Å². The van der Waals surface area contributed by atoms with E-state index in [2.05, 4.69) is 130 Å². The lowest BCUT2D eigenvalue weighted by molar-refractivity contribution is -0.167. The molecule has 6 heteroatoms. The third-order valence-corrected chi connectivity index (χ3v) is 15.2. The van der Waals surface area contributed by atoms with Gasteiger partial charge in [0.15, 0.2) is 6.10 Å². The molecule has 1 unspecified atom stereocenters. The summed E-state index contributed by atoms with van der Waals surface area (Å²) in [6.45, 7) is 6.48. The van der Waals surface area contributed by atoms with E-state index in [1.54, 1.807) is 0 Å². The van der Waals surface area contributed by atoms with Crippen LogP contribution in [-0.2, 0) is 28.6 Å². The lowest BCUT2D eigenvalue weighted by Gasteiger charge is -2.18. The fraction of sp³-hybridized carbons (Fsp3) is 0.727. The molecular weight excluding hydrogens is 1020 g/mol. The quantitative estimate of drug-likeness (QED) is 0.0261. The molecule has 0 aromatic heterocycles. The third-order valence-electron chi connectivity index (χ3n) is 15.2. The standard InChI is InChI=1S/C77H132O6/c1-4-7-10-13-16-19-22-25-28-30-31-32-33-34-35-36-37-38-39-40-41-42-43-44-45-47-49-52-55-58-61-64-67-70-76(79)82-73-74(72-81-75(78)69-66-63-60-57-54-51-48-27-24-21-18-15-12-9-6-3)83-77(80)71-68-65-62-59-56-53-50-46-29-26-23-20-17-14-11-8-5-2/h9,12,17-18,20-22,25-27,29-31,33-34,48,54,57,74H,4-8,10-11,13-16,19,23-24,28,32,35-47,49-53,55-56,58-73H2,1-3H3/b12-9-,20-17-,21-18-,25-22-,29-26-,31-30-,34-33-,48-27-,57-54-. The van der Waals surface area contributed by atoms with Crippen molar-refractivity contribution in [3.8, 4) is 0 Å². The molecule has 83 heavy (non-hydrogen) atoms. The Labute approximate surface area is 514 Å². The Bertz CT molecular complexity index is 1660. The minimum atomic E-state index is -0.801. The first-order valence-electron chi connectivity index (χ1n) is 35.4. The first kappa shape index (κ1) is 79.1. The first-order chi connectivity index (χ1) is 41.0. The van der Waals surface area contributed by atoms with Crippen molar-refractivity contribution in [3.05, 3.63) is 109 Å². The number of esters is 3. The number of hydrogen-bond donors (Lipinski definition) is 0. The Balaban J connectivity index is 4.23. The average Bonchev–Trinajstić information content (AvgIpc) is 3.49. The van der Waals surface area contributed by atoms with Gasteiger partial charge in [-0.2, -0.15) is 0 Å². The van der Waals surface area contributed by atoms with Crippen LogP contribution in [0.15, 0.2) is 109 Å². The van der Waals surface area contributed by atoms with E-state index >= 15 is 0 Å². The molecule has 0 aliphatic rings. The zero-order valence-corrected chi connectivity index (χ0v) is 54.7. The molecule has 0 fully saturated rings. The van der Waals surface area contributed by atoms with Crippen molar-refractivity contribution in [3.63, 3.8) is 0 Å². The van der Waals surface area contributed by atoms with Gasteiger partial charge in [0.05, 0.1) is 0 Å². The van der Waals surface area contributed by atoms with E-state index in [9.17, 15) is 14.4 Å². The zero-order chi connectivity index (χ0) is 59.9. The predicted octanol–water partition coefficient (Wildman–Crippen LogP) is 24.6. The van der Waals surface area contributed by atoms with Gasteiger partial charge in [-0.05, 0) is 128 Å². The lowest BCUT2D eigenvalue weighted by Crippen LogP contribution is -2.30. The number of allylic oxidation sites excluding steroid dienone is 18. The van der Waals surface area contributed by atoms with Gasteiger partial charge in [-0.25, -0.2) is 0 Å². The largest absolute Gasteiger partial charge is 0.462 e. The predicted molar refractivity (Wildman–Crippen MR) is 362 cm³/mol. The van der Waals surface area contributed by atoms with Crippen molar-refractivity contribution < 1.29 is 28.6 Å². The summed E-state index contributed by atoms with van der Waals surface area (Å²) in [5.74, 6) is -0.933. The van der Waals surface area contributed by atoms with Gasteiger partial charge in [0.1, 0.15) is 13.2 Å². The van der Waals surface area contributed by atoms with Crippen molar-refractivity contribution in [2.75, 3.05) is 13.2 Å². The van der Waals surface area contributed by atoms with Crippen molar-refractivity contribution in [2.45, 2.75) is 348 Å². The second-order valence-corrected chi connectivity index (χ2v) is 23.4. The van der Waals surface area contributed by atoms with Gasteiger partial charge in [0.2, 0.25) is 0 Å². The molecule has 476 valence electrons.